The van der Waals surface area contributed by atoms with E-state index in [1.54, 1.807) is 11.4 Å². The summed E-state index contributed by atoms with van der Waals surface area (Å²) >= 11 is 1.09. The molecule has 27 heavy (non-hydrogen) atoms. The van der Waals surface area contributed by atoms with Crippen LogP contribution in [0.25, 0.3) is 0 Å². The Morgan fingerprint density at radius 3 is 2.52 bits per heavy atom. The van der Waals surface area contributed by atoms with Gasteiger partial charge in [-0.1, -0.05) is 36.4 Å². The number of amides is 1. The maximum atomic E-state index is 11.9. The van der Waals surface area contributed by atoms with Crippen molar-refractivity contribution in [1.29, 1.82) is 0 Å². The third-order valence-electron chi connectivity index (χ3n) is 3.55. The average molecular weight is 411 g/mol. The molecule has 9 heteroatoms. The maximum absolute atomic E-state index is 11.9. The van der Waals surface area contributed by atoms with Crippen LogP contribution in [0, 0.1) is 0 Å². The van der Waals surface area contributed by atoms with Crippen molar-refractivity contribution in [3.05, 3.63) is 53.4 Å². The molecule has 0 saturated carbocycles. The molecule has 146 valence electrons. The number of esters is 1. The third kappa shape index (κ3) is 7.90. The maximum Gasteiger partial charge on any atom is 0.307 e. The van der Waals surface area contributed by atoms with Gasteiger partial charge in [0, 0.05) is 13.1 Å². The molecule has 0 fully saturated rings. The number of aryl methyl sites for hydroxylation is 1. The largest absolute Gasteiger partial charge is 0.456 e. The van der Waals surface area contributed by atoms with E-state index >= 15 is 0 Å². The number of ether oxygens (including phenoxy) is 1. The molecule has 1 aromatic heterocycles. The van der Waals surface area contributed by atoms with Gasteiger partial charge in [-0.25, -0.2) is 13.1 Å². The highest BCUT2D eigenvalue weighted by molar-refractivity contribution is 7.91. The molecular formula is C18H22N2O5S2. The van der Waals surface area contributed by atoms with Gasteiger partial charge < -0.3 is 10.1 Å². The summed E-state index contributed by atoms with van der Waals surface area (Å²) in [7, 11) is -3.60. The molecule has 2 N–H and O–H groups in total. The Balaban J connectivity index is 1.55. The van der Waals surface area contributed by atoms with Gasteiger partial charge in [0.05, 0.1) is 6.42 Å². The second kappa shape index (κ2) is 10.8. The van der Waals surface area contributed by atoms with Gasteiger partial charge in [0.1, 0.15) is 4.21 Å². The Kier molecular flexibility index (Phi) is 8.43. The van der Waals surface area contributed by atoms with E-state index in [0.29, 0.717) is 6.54 Å². The van der Waals surface area contributed by atoms with Crippen molar-refractivity contribution < 1.29 is 22.7 Å². The number of carbonyl (C=O) groups excluding carboxylic acids is 2. The zero-order valence-corrected chi connectivity index (χ0v) is 16.4. The summed E-state index contributed by atoms with van der Waals surface area (Å²) in [5.41, 5.74) is 1.20. The Labute approximate surface area is 162 Å². The van der Waals surface area contributed by atoms with Gasteiger partial charge in [0.25, 0.3) is 5.91 Å². The highest BCUT2D eigenvalue weighted by Gasteiger charge is 2.15. The Morgan fingerprint density at radius 1 is 1.04 bits per heavy atom. The smallest absolute Gasteiger partial charge is 0.307 e. The van der Waals surface area contributed by atoms with Crippen molar-refractivity contribution in [1.82, 2.24) is 10.0 Å². The zero-order valence-electron chi connectivity index (χ0n) is 14.7. The first-order valence-corrected chi connectivity index (χ1v) is 10.8. The first-order chi connectivity index (χ1) is 13.0. The highest BCUT2D eigenvalue weighted by Crippen LogP contribution is 2.14. The molecule has 0 aliphatic rings. The molecule has 2 rings (SSSR count). The minimum absolute atomic E-state index is 0.0856. The number of nitrogens with one attached hydrogen (secondary N) is 2. The van der Waals surface area contributed by atoms with Gasteiger partial charge >= 0.3 is 5.97 Å². The molecule has 0 saturated heterocycles. The molecule has 1 heterocycles. The fourth-order valence-electron chi connectivity index (χ4n) is 2.21. The third-order valence-corrected chi connectivity index (χ3v) is 6.41. The van der Waals surface area contributed by atoms with Gasteiger partial charge in [0.15, 0.2) is 6.61 Å². The van der Waals surface area contributed by atoms with Crippen LogP contribution in [0.3, 0.4) is 0 Å². The Morgan fingerprint density at radius 2 is 1.81 bits per heavy atom. The molecule has 1 aromatic carbocycles. The SMILES string of the molecule is O=C(COC(=O)CCNS(=O)(=O)c1cccs1)NCCCc1ccccc1. The monoisotopic (exact) mass is 410 g/mol. The molecule has 0 aliphatic heterocycles. The fourth-order valence-corrected chi connectivity index (χ4v) is 4.28. The van der Waals surface area contributed by atoms with Gasteiger partial charge in [-0.05, 0) is 29.9 Å². The first kappa shape index (κ1) is 21.1. The van der Waals surface area contributed by atoms with Gasteiger partial charge in [-0.2, -0.15) is 0 Å². The van der Waals surface area contributed by atoms with Crippen LogP contribution in [-0.2, 0) is 30.8 Å². The minimum Gasteiger partial charge on any atom is -0.456 e. The van der Waals surface area contributed by atoms with Crippen LogP contribution in [0.1, 0.15) is 18.4 Å². The summed E-state index contributed by atoms with van der Waals surface area (Å²) in [6, 6.07) is 13.0. The summed E-state index contributed by atoms with van der Waals surface area (Å²) < 4.78 is 31.1. The number of benzene rings is 1. The van der Waals surface area contributed by atoms with Crippen LogP contribution in [0.15, 0.2) is 52.1 Å². The lowest BCUT2D eigenvalue weighted by Gasteiger charge is -2.07. The summed E-state index contributed by atoms with van der Waals surface area (Å²) in [6.45, 7) is 0.0332. The summed E-state index contributed by atoms with van der Waals surface area (Å²) in [4.78, 5) is 23.2. The topological polar surface area (TPSA) is 102 Å². The van der Waals surface area contributed by atoms with Crippen LogP contribution < -0.4 is 10.0 Å². The van der Waals surface area contributed by atoms with E-state index in [9.17, 15) is 18.0 Å². The number of rotatable bonds is 11. The summed E-state index contributed by atoms with van der Waals surface area (Å²) in [6.07, 6.45) is 1.49. The molecule has 0 spiro atoms. The van der Waals surface area contributed by atoms with Gasteiger partial charge in [-0.3, -0.25) is 9.59 Å². The van der Waals surface area contributed by atoms with Crippen LogP contribution in [0.4, 0.5) is 0 Å². The number of hydrogen-bond donors (Lipinski definition) is 2. The molecule has 1 amide bonds. The average Bonchev–Trinajstić information content (AvgIpc) is 3.20. The predicted octanol–water partition coefficient (Wildman–Crippen LogP) is 1.71. The normalized spacial score (nSPS) is 11.1. The summed E-state index contributed by atoms with van der Waals surface area (Å²) in [5, 5.41) is 4.33. The highest BCUT2D eigenvalue weighted by atomic mass is 32.2. The molecule has 0 unspecified atom stereocenters. The lowest BCUT2D eigenvalue weighted by molar-refractivity contribution is -0.148. The summed E-state index contributed by atoms with van der Waals surface area (Å²) in [5.74, 6) is -1.01. The van der Waals surface area contributed by atoms with Crippen molar-refractivity contribution in [2.75, 3.05) is 19.7 Å². The van der Waals surface area contributed by atoms with Crippen molar-refractivity contribution >= 4 is 33.2 Å². The zero-order chi connectivity index (χ0) is 19.5. The van der Waals surface area contributed by atoms with E-state index in [-0.39, 0.29) is 29.7 Å². The molecule has 0 atom stereocenters. The number of sulfonamides is 1. The molecular weight excluding hydrogens is 388 g/mol. The Hall–Kier alpha value is -2.23. The van der Waals surface area contributed by atoms with Crippen LogP contribution in [-0.4, -0.2) is 40.0 Å². The fraction of sp³-hybridized carbons (Fsp3) is 0.333. The van der Waals surface area contributed by atoms with Crippen molar-refractivity contribution in [2.45, 2.75) is 23.5 Å². The van der Waals surface area contributed by atoms with E-state index in [2.05, 4.69) is 10.0 Å². The lowest BCUT2D eigenvalue weighted by atomic mass is 10.1. The standard InChI is InChI=1S/C18H22N2O5S2/c21-16(19-11-4-8-15-6-2-1-3-7-15)14-25-17(22)10-12-20-27(23,24)18-9-5-13-26-18/h1-3,5-7,9,13,20H,4,8,10-12,14H2,(H,19,21). The van der Waals surface area contributed by atoms with E-state index in [1.165, 1.54) is 11.6 Å². The van der Waals surface area contributed by atoms with Crippen LogP contribution in [0.5, 0.6) is 0 Å². The molecule has 7 nitrogen and oxygen atoms in total. The van der Waals surface area contributed by atoms with Crippen LogP contribution in [0.2, 0.25) is 0 Å². The molecule has 2 aromatic rings. The molecule has 0 bridgehead atoms. The predicted molar refractivity (Wildman–Crippen MR) is 103 cm³/mol. The van der Waals surface area contributed by atoms with E-state index in [1.807, 2.05) is 30.3 Å². The van der Waals surface area contributed by atoms with E-state index < -0.39 is 16.0 Å². The second-order valence-corrected chi connectivity index (χ2v) is 8.62. The van der Waals surface area contributed by atoms with Crippen molar-refractivity contribution in [2.24, 2.45) is 0 Å². The first-order valence-electron chi connectivity index (χ1n) is 8.47. The number of thiophene rings is 1. The van der Waals surface area contributed by atoms with Crippen molar-refractivity contribution in [3.8, 4) is 0 Å². The number of hydrogen-bond acceptors (Lipinski definition) is 6. The second-order valence-electron chi connectivity index (χ2n) is 5.68. The minimum atomic E-state index is -3.60. The molecule has 0 radical (unpaired) electrons. The lowest BCUT2D eigenvalue weighted by Crippen LogP contribution is -2.31. The van der Waals surface area contributed by atoms with E-state index in [0.717, 1.165) is 24.2 Å². The van der Waals surface area contributed by atoms with Gasteiger partial charge in [-0.15, -0.1) is 11.3 Å². The quantitative estimate of drug-likeness (QED) is 0.434. The van der Waals surface area contributed by atoms with Crippen molar-refractivity contribution in [3.63, 3.8) is 0 Å². The Bertz CT molecular complexity index is 821. The van der Waals surface area contributed by atoms with Crippen LogP contribution >= 0.6 is 11.3 Å². The molecule has 0 aliphatic carbocycles. The number of carbonyl (C=O) groups is 2. The van der Waals surface area contributed by atoms with Gasteiger partial charge in [0.2, 0.25) is 10.0 Å². The van der Waals surface area contributed by atoms with E-state index in [4.69, 9.17) is 4.74 Å².